The van der Waals surface area contributed by atoms with Crippen molar-refractivity contribution in [2.24, 2.45) is 5.92 Å². The van der Waals surface area contributed by atoms with Gasteiger partial charge in [0.05, 0.1) is 28.0 Å². The molecule has 0 radical (unpaired) electrons. The summed E-state index contributed by atoms with van der Waals surface area (Å²) >= 11 is 11.8. The first kappa shape index (κ1) is 15.1. The molecule has 1 saturated heterocycles. The summed E-state index contributed by atoms with van der Waals surface area (Å²) < 4.78 is 21.5. The Bertz CT molecular complexity index is 659. The zero-order valence-electron chi connectivity index (χ0n) is 11.8. The number of aromatic nitrogens is 2. The summed E-state index contributed by atoms with van der Waals surface area (Å²) in [6.45, 7) is 3.65. The van der Waals surface area contributed by atoms with E-state index in [-0.39, 0.29) is 17.0 Å². The predicted molar refractivity (Wildman–Crippen MR) is 82.4 cm³/mol. The smallest absolute Gasteiger partial charge is 0.144 e. The summed E-state index contributed by atoms with van der Waals surface area (Å²) in [5, 5.41) is 0.0870. The molecule has 0 spiro atoms. The van der Waals surface area contributed by atoms with Gasteiger partial charge in [0.1, 0.15) is 11.6 Å². The Balaban J connectivity index is 2.01. The molecule has 1 aromatic carbocycles. The van der Waals surface area contributed by atoms with Gasteiger partial charge in [0.2, 0.25) is 0 Å². The van der Waals surface area contributed by atoms with Crippen LogP contribution in [0.15, 0.2) is 12.1 Å². The quantitative estimate of drug-likeness (QED) is 0.777. The molecule has 2 unspecified atom stereocenters. The van der Waals surface area contributed by atoms with Gasteiger partial charge in [0.15, 0.2) is 0 Å². The summed E-state index contributed by atoms with van der Waals surface area (Å²) in [6, 6.07) is 3.00. The van der Waals surface area contributed by atoms with Crippen LogP contribution in [-0.2, 0) is 17.2 Å². The molecule has 114 valence electrons. The van der Waals surface area contributed by atoms with Crippen LogP contribution >= 0.6 is 23.2 Å². The summed E-state index contributed by atoms with van der Waals surface area (Å²) in [4.78, 5) is 4.47. The van der Waals surface area contributed by atoms with Crippen molar-refractivity contribution in [2.45, 2.75) is 38.3 Å². The molecular weight excluding hydrogens is 314 g/mol. The number of hydrogen-bond acceptors (Lipinski definition) is 2. The highest BCUT2D eigenvalue weighted by Crippen LogP contribution is 2.29. The fourth-order valence-corrected chi connectivity index (χ4v) is 3.43. The molecule has 2 heterocycles. The predicted octanol–water partition coefficient (Wildman–Crippen LogP) is 4.38. The summed E-state index contributed by atoms with van der Waals surface area (Å²) in [6.07, 6.45) is 2.24. The number of hydrogen-bond donors (Lipinski definition) is 0. The number of halogens is 3. The molecule has 21 heavy (non-hydrogen) atoms. The van der Waals surface area contributed by atoms with E-state index in [1.54, 1.807) is 6.07 Å². The van der Waals surface area contributed by atoms with Gasteiger partial charge in [-0.2, -0.15) is 0 Å². The van der Waals surface area contributed by atoms with Crippen LogP contribution in [0.25, 0.3) is 11.0 Å². The lowest BCUT2D eigenvalue weighted by Crippen LogP contribution is -2.21. The molecule has 1 aromatic heterocycles. The second-order valence-corrected chi connectivity index (χ2v) is 6.07. The lowest BCUT2D eigenvalue weighted by molar-refractivity contribution is 0.0836. The lowest BCUT2D eigenvalue weighted by atomic mass is 9.99. The summed E-state index contributed by atoms with van der Waals surface area (Å²) in [7, 11) is 0. The number of benzene rings is 1. The number of nitrogens with zero attached hydrogens (tertiary/aromatic N) is 2. The molecule has 0 bridgehead atoms. The van der Waals surface area contributed by atoms with Gasteiger partial charge in [-0.15, -0.1) is 11.6 Å². The zero-order chi connectivity index (χ0) is 15.0. The van der Waals surface area contributed by atoms with Crippen LogP contribution in [0.5, 0.6) is 0 Å². The maximum absolute atomic E-state index is 13.8. The van der Waals surface area contributed by atoms with Gasteiger partial charge in [0, 0.05) is 25.1 Å². The Morgan fingerprint density at radius 2 is 2.29 bits per heavy atom. The van der Waals surface area contributed by atoms with Crippen LogP contribution in [0.4, 0.5) is 4.39 Å². The number of alkyl halides is 1. The Labute approximate surface area is 133 Å². The minimum atomic E-state index is -0.429. The molecule has 0 aliphatic carbocycles. The molecule has 3 rings (SSSR count). The van der Waals surface area contributed by atoms with Crippen LogP contribution < -0.4 is 0 Å². The minimum absolute atomic E-state index is 0.0870. The van der Waals surface area contributed by atoms with E-state index >= 15 is 0 Å². The highest BCUT2D eigenvalue weighted by molar-refractivity contribution is 6.31. The topological polar surface area (TPSA) is 27.1 Å². The van der Waals surface area contributed by atoms with E-state index in [4.69, 9.17) is 27.9 Å². The second-order valence-electron chi connectivity index (χ2n) is 5.39. The van der Waals surface area contributed by atoms with Crippen molar-refractivity contribution in [3.05, 3.63) is 28.8 Å². The zero-order valence-corrected chi connectivity index (χ0v) is 13.3. The van der Waals surface area contributed by atoms with E-state index < -0.39 is 5.82 Å². The molecule has 0 N–H and O–H groups in total. The van der Waals surface area contributed by atoms with E-state index in [9.17, 15) is 4.39 Å². The highest BCUT2D eigenvalue weighted by atomic mass is 35.5. The lowest BCUT2D eigenvalue weighted by Gasteiger charge is -2.19. The number of fused-ring (bicyclic) bond motifs is 1. The van der Waals surface area contributed by atoms with Crippen LogP contribution in [0.3, 0.4) is 0 Å². The van der Waals surface area contributed by atoms with Crippen LogP contribution in [0, 0.1) is 11.7 Å². The maximum Gasteiger partial charge on any atom is 0.144 e. The average Bonchev–Trinajstić information content (AvgIpc) is 3.05. The van der Waals surface area contributed by atoms with E-state index in [1.807, 2.05) is 4.57 Å². The largest absolute Gasteiger partial charge is 0.378 e. The van der Waals surface area contributed by atoms with Gasteiger partial charge >= 0.3 is 0 Å². The Morgan fingerprint density at radius 3 is 3.00 bits per heavy atom. The third-order valence-corrected chi connectivity index (χ3v) is 4.68. The molecule has 2 aromatic rings. The molecule has 6 heteroatoms. The third kappa shape index (κ3) is 2.77. The van der Waals surface area contributed by atoms with Crippen molar-refractivity contribution >= 4 is 34.2 Å². The Morgan fingerprint density at radius 1 is 1.48 bits per heavy atom. The fourth-order valence-electron chi connectivity index (χ4n) is 3.06. The van der Waals surface area contributed by atoms with Crippen molar-refractivity contribution < 1.29 is 9.13 Å². The van der Waals surface area contributed by atoms with Crippen LogP contribution in [-0.4, -0.2) is 22.3 Å². The summed E-state index contributed by atoms with van der Waals surface area (Å²) in [5.41, 5.74) is 1.43. The van der Waals surface area contributed by atoms with E-state index in [0.717, 1.165) is 37.3 Å². The fraction of sp³-hybridized carbons (Fsp3) is 0.533. The molecule has 3 nitrogen and oxygen atoms in total. The van der Waals surface area contributed by atoms with E-state index in [1.165, 1.54) is 6.07 Å². The molecule has 1 fully saturated rings. The van der Waals surface area contributed by atoms with E-state index in [0.29, 0.717) is 11.4 Å². The number of ether oxygens (including phenoxy) is 1. The van der Waals surface area contributed by atoms with Crippen molar-refractivity contribution in [1.82, 2.24) is 9.55 Å². The summed E-state index contributed by atoms with van der Waals surface area (Å²) in [5.74, 6) is 1.02. The van der Waals surface area contributed by atoms with Crippen molar-refractivity contribution in [3.63, 3.8) is 0 Å². The number of imidazole rings is 1. The normalized spacial score (nSPS) is 22.3. The van der Waals surface area contributed by atoms with Gasteiger partial charge in [-0.25, -0.2) is 9.37 Å². The van der Waals surface area contributed by atoms with E-state index in [2.05, 4.69) is 11.9 Å². The Hall–Kier alpha value is -0.840. The first-order valence-electron chi connectivity index (χ1n) is 7.15. The molecular formula is C15H17Cl2FN2O. The van der Waals surface area contributed by atoms with Crippen molar-refractivity contribution in [1.29, 1.82) is 0 Å². The minimum Gasteiger partial charge on any atom is -0.378 e. The SMILES string of the molecule is CCC1OCCC1Cn1c(CCl)nc2cc(Cl)c(F)cc21. The third-order valence-electron chi connectivity index (χ3n) is 4.15. The molecule has 1 aliphatic heterocycles. The Kier molecular flexibility index (Phi) is 4.38. The van der Waals surface area contributed by atoms with Crippen LogP contribution in [0.2, 0.25) is 5.02 Å². The van der Waals surface area contributed by atoms with Crippen molar-refractivity contribution in [3.8, 4) is 0 Å². The molecule has 1 aliphatic rings. The van der Waals surface area contributed by atoms with Gasteiger partial charge in [0.25, 0.3) is 0 Å². The number of rotatable bonds is 4. The van der Waals surface area contributed by atoms with Crippen molar-refractivity contribution in [2.75, 3.05) is 6.61 Å². The van der Waals surface area contributed by atoms with Gasteiger partial charge in [-0.3, -0.25) is 0 Å². The maximum atomic E-state index is 13.8. The average molecular weight is 331 g/mol. The first-order chi connectivity index (χ1) is 10.1. The standard InChI is InChI=1S/C15H17Cl2FN2O/c1-2-14-9(3-4-21-14)8-20-13-6-11(18)10(17)5-12(13)19-15(20)7-16/h5-6,9,14H,2-4,7-8H2,1H3. The highest BCUT2D eigenvalue weighted by Gasteiger charge is 2.28. The van der Waals surface area contributed by atoms with Crippen LogP contribution in [0.1, 0.15) is 25.6 Å². The monoisotopic (exact) mass is 330 g/mol. The van der Waals surface area contributed by atoms with Gasteiger partial charge < -0.3 is 9.30 Å². The molecule has 0 amide bonds. The van der Waals surface area contributed by atoms with Gasteiger partial charge in [-0.05, 0) is 18.9 Å². The molecule has 2 atom stereocenters. The second kappa shape index (κ2) is 6.11. The first-order valence-corrected chi connectivity index (χ1v) is 8.07. The van der Waals surface area contributed by atoms with Gasteiger partial charge in [-0.1, -0.05) is 18.5 Å². The molecule has 0 saturated carbocycles.